The standard InChI is InChI=1S/C26H31N3O3S/c1-4-6-21-20-15-17(3)7-9-23(20)33-24-10-8-18(16-22(24)28-21)25(30)27-19-11-13-29(14-12-19)26(31)32-5-2/h7-10,15-16,19H,4-6,11-14H2,1-3H3,(H,27,30). The third kappa shape index (κ3) is 5.41. The van der Waals surface area contributed by atoms with Gasteiger partial charge in [-0.3, -0.25) is 9.79 Å². The molecule has 2 aliphatic rings. The molecule has 2 aromatic rings. The number of fused-ring (bicyclic) bond motifs is 2. The Balaban J connectivity index is 1.49. The molecule has 2 amide bonds. The zero-order valence-electron chi connectivity index (χ0n) is 19.5. The average Bonchev–Trinajstić information content (AvgIpc) is 2.96. The highest BCUT2D eigenvalue weighted by atomic mass is 32.2. The fourth-order valence-electron chi connectivity index (χ4n) is 4.23. The van der Waals surface area contributed by atoms with E-state index in [4.69, 9.17) is 9.73 Å². The topological polar surface area (TPSA) is 71.0 Å². The summed E-state index contributed by atoms with van der Waals surface area (Å²) in [5, 5.41) is 3.14. The van der Waals surface area contributed by atoms with Crippen LogP contribution >= 0.6 is 11.8 Å². The molecule has 1 saturated heterocycles. The first-order valence-electron chi connectivity index (χ1n) is 11.7. The number of nitrogens with one attached hydrogen (secondary N) is 1. The second kappa shape index (κ2) is 10.4. The first-order chi connectivity index (χ1) is 16.0. The molecule has 0 unspecified atom stereocenters. The van der Waals surface area contributed by atoms with Crippen LogP contribution in [0.1, 0.15) is 61.0 Å². The van der Waals surface area contributed by atoms with Gasteiger partial charge in [0, 0.05) is 45.8 Å². The van der Waals surface area contributed by atoms with Gasteiger partial charge in [-0.2, -0.15) is 0 Å². The van der Waals surface area contributed by atoms with Gasteiger partial charge < -0.3 is 15.0 Å². The van der Waals surface area contributed by atoms with Crippen LogP contribution in [0.3, 0.4) is 0 Å². The van der Waals surface area contributed by atoms with Crippen molar-refractivity contribution in [1.82, 2.24) is 10.2 Å². The zero-order valence-corrected chi connectivity index (χ0v) is 20.3. The molecule has 33 heavy (non-hydrogen) atoms. The first-order valence-corrected chi connectivity index (χ1v) is 12.5. The second-order valence-corrected chi connectivity index (χ2v) is 9.61. The predicted molar refractivity (Wildman–Crippen MR) is 132 cm³/mol. The number of benzene rings is 2. The molecule has 6 nitrogen and oxygen atoms in total. The fourth-order valence-corrected chi connectivity index (χ4v) is 5.24. The van der Waals surface area contributed by atoms with Crippen LogP contribution < -0.4 is 5.32 Å². The van der Waals surface area contributed by atoms with Crippen molar-refractivity contribution < 1.29 is 14.3 Å². The molecule has 0 aromatic heterocycles. The van der Waals surface area contributed by atoms with E-state index in [1.165, 1.54) is 16.0 Å². The van der Waals surface area contributed by atoms with Gasteiger partial charge in [0.25, 0.3) is 5.91 Å². The summed E-state index contributed by atoms with van der Waals surface area (Å²) in [6, 6.07) is 12.3. The lowest BCUT2D eigenvalue weighted by molar-refractivity contribution is 0.0860. The number of hydrogen-bond donors (Lipinski definition) is 1. The minimum Gasteiger partial charge on any atom is -0.450 e. The van der Waals surface area contributed by atoms with Gasteiger partial charge in [-0.25, -0.2) is 4.79 Å². The van der Waals surface area contributed by atoms with Gasteiger partial charge in [0.05, 0.1) is 12.3 Å². The maximum atomic E-state index is 13.0. The van der Waals surface area contributed by atoms with Crippen molar-refractivity contribution in [2.75, 3.05) is 19.7 Å². The second-order valence-electron chi connectivity index (χ2n) is 8.53. The maximum Gasteiger partial charge on any atom is 0.409 e. The van der Waals surface area contributed by atoms with Gasteiger partial charge in [-0.1, -0.05) is 36.7 Å². The molecule has 7 heteroatoms. The largest absolute Gasteiger partial charge is 0.450 e. The quantitative estimate of drug-likeness (QED) is 0.612. The Hall–Kier alpha value is -2.80. The summed E-state index contributed by atoms with van der Waals surface area (Å²) in [6.07, 6.45) is 3.07. The van der Waals surface area contributed by atoms with Crippen LogP contribution in [0.5, 0.6) is 0 Å². The van der Waals surface area contributed by atoms with E-state index in [9.17, 15) is 9.59 Å². The third-order valence-corrected chi connectivity index (χ3v) is 7.13. The molecule has 0 atom stereocenters. The molecule has 0 saturated carbocycles. The van der Waals surface area contributed by atoms with Crippen molar-refractivity contribution in [2.45, 2.75) is 62.3 Å². The van der Waals surface area contributed by atoms with Gasteiger partial charge in [0.1, 0.15) is 0 Å². The van der Waals surface area contributed by atoms with Crippen molar-refractivity contribution in [3.8, 4) is 0 Å². The van der Waals surface area contributed by atoms with Gasteiger partial charge in [-0.15, -0.1) is 0 Å². The minimum atomic E-state index is -0.275. The number of hydrogen-bond acceptors (Lipinski definition) is 5. The van der Waals surface area contributed by atoms with E-state index in [-0.39, 0.29) is 18.0 Å². The molecule has 2 aromatic carbocycles. The van der Waals surface area contributed by atoms with E-state index in [2.05, 4.69) is 37.4 Å². The third-order valence-electron chi connectivity index (χ3n) is 5.99. The Morgan fingerprint density at radius 2 is 1.88 bits per heavy atom. The molecule has 0 radical (unpaired) electrons. The maximum absolute atomic E-state index is 13.0. The minimum absolute atomic E-state index is 0.0442. The number of amides is 2. The first kappa shape index (κ1) is 23.4. The smallest absolute Gasteiger partial charge is 0.409 e. The van der Waals surface area contributed by atoms with E-state index in [0.29, 0.717) is 25.3 Å². The highest BCUT2D eigenvalue weighted by molar-refractivity contribution is 7.99. The number of rotatable bonds is 5. The van der Waals surface area contributed by atoms with Crippen LogP contribution in [0.15, 0.2) is 51.2 Å². The highest BCUT2D eigenvalue weighted by Gasteiger charge is 2.25. The molecule has 4 rings (SSSR count). The monoisotopic (exact) mass is 465 g/mol. The Kier molecular flexibility index (Phi) is 7.38. The molecule has 1 fully saturated rings. The van der Waals surface area contributed by atoms with E-state index >= 15 is 0 Å². The molecule has 174 valence electrons. The summed E-state index contributed by atoms with van der Waals surface area (Å²) >= 11 is 1.71. The van der Waals surface area contributed by atoms with Crippen LogP contribution in [0.4, 0.5) is 10.5 Å². The van der Waals surface area contributed by atoms with Crippen molar-refractivity contribution >= 4 is 35.2 Å². The normalized spacial score (nSPS) is 15.7. The number of carbonyl (C=O) groups excluding carboxylic acids is 2. The lowest BCUT2D eigenvalue weighted by atomic mass is 10.0. The number of piperidine rings is 1. The average molecular weight is 466 g/mol. The van der Waals surface area contributed by atoms with Gasteiger partial charge in [0.2, 0.25) is 0 Å². The summed E-state index contributed by atoms with van der Waals surface area (Å²) in [5.41, 5.74) is 4.95. The van der Waals surface area contributed by atoms with E-state index in [0.717, 1.165) is 42.0 Å². The summed E-state index contributed by atoms with van der Waals surface area (Å²) in [7, 11) is 0. The van der Waals surface area contributed by atoms with Gasteiger partial charge in [-0.05, 0) is 63.4 Å². The summed E-state index contributed by atoms with van der Waals surface area (Å²) in [5.74, 6) is -0.0952. The molecule has 0 bridgehead atoms. The predicted octanol–water partition coefficient (Wildman–Crippen LogP) is 5.73. The SMILES string of the molecule is CCCC1=Nc2cc(C(=O)NC3CCN(C(=O)OCC)CC3)ccc2Sc2ccc(C)cc21. The van der Waals surface area contributed by atoms with Gasteiger partial charge in [0.15, 0.2) is 0 Å². The van der Waals surface area contributed by atoms with E-state index in [1.807, 2.05) is 18.2 Å². The Labute approximate surface area is 199 Å². The Bertz CT molecular complexity index is 1070. The van der Waals surface area contributed by atoms with Crippen molar-refractivity contribution in [3.05, 3.63) is 53.1 Å². The van der Waals surface area contributed by atoms with E-state index < -0.39 is 0 Å². The van der Waals surface area contributed by atoms with Crippen LogP contribution in [-0.2, 0) is 4.74 Å². The molecule has 0 aliphatic carbocycles. The van der Waals surface area contributed by atoms with Crippen molar-refractivity contribution in [1.29, 1.82) is 0 Å². The Morgan fingerprint density at radius 1 is 1.12 bits per heavy atom. The van der Waals surface area contributed by atoms with Crippen LogP contribution in [0, 0.1) is 6.92 Å². The molecular weight excluding hydrogens is 434 g/mol. The van der Waals surface area contributed by atoms with Crippen LogP contribution in [0.2, 0.25) is 0 Å². The van der Waals surface area contributed by atoms with E-state index in [1.54, 1.807) is 23.6 Å². The summed E-state index contributed by atoms with van der Waals surface area (Å²) in [6.45, 7) is 7.62. The van der Waals surface area contributed by atoms with Crippen LogP contribution in [-0.4, -0.2) is 48.4 Å². The molecule has 1 N–H and O–H groups in total. The number of likely N-dealkylation sites (tertiary alicyclic amines) is 1. The number of ether oxygens (including phenoxy) is 1. The summed E-state index contributed by atoms with van der Waals surface area (Å²) < 4.78 is 5.07. The molecule has 2 aliphatic heterocycles. The fraction of sp³-hybridized carbons (Fsp3) is 0.423. The number of nitrogens with zero attached hydrogens (tertiary/aromatic N) is 2. The van der Waals surface area contributed by atoms with Crippen LogP contribution in [0.25, 0.3) is 0 Å². The lowest BCUT2D eigenvalue weighted by Gasteiger charge is -2.31. The summed E-state index contributed by atoms with van der Waals surface area (Å²) in [4.78, 5) is 33.9. The highest BCUT2D eigenvalue weighted by Crippen LogP contribution is 2.41. The molecule has 2 heterocycles. The van der Waals surface area contributed by atoms with Crippen molar-refractivity contribution in [2.24, 2.45) is 4.99 Å². The number of aryl methyl sites for hydroxylation is 1. The lowest BCUT2D eigenvalue weighted by Crippen LogP contribution is -2.46. The van der Waals surface area contributed by atoms with Crippen molar-refractivity contribution in [3.63, 3.8) is 0 Å². The molecular formula is C26H31N3O3S. The number of aliphatic imine (C=N–C) groups is 1. The molecule has 0 spiro atoms. The number of carbonyl (C=O) groups is 2. The van der Waals surface area contributed by atoms with Gasteiger partial charge >= 0.3 is 6.09 Å². The Morgan fingerprint density at radius 3 is 2.61 bits per heavy atom. The zero-order chi connectivity index (χ0) is 23.4.